The minimum Gasteiger partial charge on any atom is -0.469 e. The number of carbonyl (C=O) groups is 8. The summed E-state index contributed by atoms with van der Waals surface area (Å²) in [5, 5.41) is 0. The molecule has 0 aromatic rings. The molecule has 4 rings (SSSR count). The third-order valence-electron chi connectivity index (χ3n) is 12.8. The van der Waals surface area contributed by atoms with Crippen LogP contribution in [0.1, 0.15) is 156 Å². The van der Waals surface area contributed by atoms with Crippen LogP contribution in [0.4, 0.5) is 0 Å². The van der Waals surface area contributed by atoms with Crippen molar-refractivity contribution in [1.29, 1.82) is 0 Å². The third kappa shape index (κ3) is 28.3. The number of esters is 4. The molecule has 4 aliphatic rings. The summed E-state index contributed by atoms with van der Waals surface area (Å²) < 4.78 is 18.6. The number of methoxy groups -OCH3 is 4. The van der Waals surface area contributed by atoms with Crippen LogP contribution in [0.5, 0.6) is 0 Å². The number of ether oxygens (including phenoxy) is 4. The number of rotatable bonds is 20. The Bertz CT molecular complexity index is 1380. The fourth-order valence-corrected chi connectivity index (χ4v) is 9.01. The summed E-state index contributed by atoms with van der Waals surface area (Å²) in [7, 11) is 5.58. The van der Waals surface area contributed by atoms with E-state index in [2.05, 4.69) is 95.3 Å². The predicted molar refractivity (Wildman–Crippen MR) is 289 cm³/mol. The zero-order chi connectivity index (χ0) is 47.9. The van der Waals surface area contributed by atoms with Crippen molar-refractivity contribution in [2.24, 2.45) is 47.3 Å². The average molecular weight is 1220 g/mol. The first-order valence-electron chi connectivity index (χ1n) is 23.7. The van der Waals surface area contributed by atoms with Gasteiger partial charge >= 0.3 is 23.9 Å². The van der Waals surface area contributed by atoms with Gasteiger partial charge in [-0.15, -0.1) is 67.9 Å². The number of carbonyl (C=O) groups excluding carboxylic acids is 8. The van der Waals surface area contributed by atoms with Crippen LogP contribution in [0.3, 0.4) is 0 Å². The van der Waals surface area contributed by atoms with Crippen molar-refractivity contribution in [3.63, 3.8) is 0 Å². The van der Waals surface area contributed by atoms with Crippen molar-refractivity contribution in [1.82, 2.24) is 0 Å². The lowest BCUT2D eigenvalue weighted by atomic mass is 9.89. The Morgan fingerprint density at radius 2 is 0.544 bits per heavy atom. The number of Topliss-reactive ketones (excluding diaryl/α,β-unsaturated/α-hetero) is 4. The molecular formula is C52H84Br4O12. The number of hydrogen-bond donors (Lipinski definition) is 0. The molecule has 0 unspecified atom stereocenters. The summed E-state index contributed by atoms with van der Waals surface area (Å²) in [5.41, 5.74) is 0. The van der Waals surface area contributed by atoms with Gasteiger partial charge in [-0.1, -0.05) is 76.3 Å². The fraction of sp³-hybridized carbons (Fsp3) is 0.692. The molecule has 0 bridgehead atoms. The van der Waals surface area contributed by atoms with Gasteiger partial charge in [0.1, 0.15) is 23.1 Å². The summed E-state index contributed by atoms with van der Waals surface area (Å²) in [5.74, 6) is 1.23. The summed E-state index contributed by atoms with van der Waals surface area (Å²) in [6.45, 7) is 8.27. The van der Waals surface area contributed by atoms with E-state index in [1.54, 1.807) is 0 Å². The van der Waals surface area contributed by atoms with Gasteiger partial charge in [-0.25, -0.2) is 0 Å². The average Bonchev–Trinajstić information content (AvgIpc) is 4.04. The molecule has 0 radical (unpaired) electrons. The lowest BCUT2D eigenvalue weighted by Gasteiger charge is -2.15. The smallest absolute Gasteiger partial charge is 0.305 e. The minimum absolute atomic E-state index is 0. The van der Waals surface area contributed by atoms with Gasteiger partial charge in [0.05, 0.1) is 28.4 Å². The molecule has 16 heteroatoms. The first kappa shape index (κ1) is 72.0. The van der Waals surface area contributed by atoms with E-state index in [1.165, 1.54) is 28.4 Å². The summed E-state index contributed by atoms with van der Waals surface area (Å²) >= 11 is 0. The first-order valence-corrected chi connectivity index (χ1v) is 23.7. The highest BCUT2D eigenvalue weighted by Gasteiger charge is 2.38. The molecule has 0 heterocycles. The molecular weight excluding hydrogens is 1140 g/mol. The van der Waals surface area contributed by atoms with Gasteiger partial charge in [0.25, 0.3) is 0 Å². The molecule has 0 spiro atoms. The van der Waals surface area contributed by atoms with Gasteiger partial charge in [-0.2, -0.15) is 0 Å². The summed E-state index contributed by atoms with van der Waals surface area (Å²) in [4.78, 5) is 91.4. The van der Waals surface area contributed by atoms with Crippen molar-refractivity contribution in [2.45, 2.75) is 156 Å². The van der Waals surface area contributed by atoms with Gasteiger partial charge in [0.15, 0.2) is 0 Å². The number of halogens is 4. The van der Waals surface area contributed by atoms with Crippen molar-refractivity contribution in [3.8, 4) is 0 Å². The molecule has 12 nitrogen and oxygen atoms in total. The summed E-state index contributed by atoms with van der Waals surface area (Å²) in [6.07, 6.45) is 30.9. The van der Waals surface area contributed by atoms with E-state index in [9.17, 15) is 38.4 Å². The number of ketones is 4. The van der Waals surface area contributed by atoms with E-state index in [0.29, 0.717) is 74.5 Å². The molecule has 4 saturated carbocycles. The maximum Gasteiger partial charge on any atom is 0.305 e. The maximum absolute atomic E-state index is 11.7. The molecule has 0 aromatic carbocycles. The summed E-state index contributed by atoms with van der Waals surface area (Å²) in [6, 6.07) is 0. The molecule has 392 valence electrons. The van der Waals surface area contributed by atoms with Crippen LogP contribution >= 0.6 is 67.9 Å². The molecule has 0 amide bonds. The number of allylic oxidation sites excluding steroid dienone is 8. The topological polar surface area (TPSA) is 173 Å². The quantitative estimate of drug-likeness (QED) is 0.0642. The van der Waals surface area contributed by atoms with Gasteiger partial charge in [0.2, 0.25) is 0 Å². The molecule has 8 atom stereocenters. The minimum atomic E-state index is -0.204. The monoisotopic (exact) mass is 1220 g/mol. The molecule has 4 aliphatic carbocycles. The van der Waals surface area contributed by atoms with Crippen molar-refractivity contribution in [3.05, 3.63) is 48.6 Å². The first-order chi connectivity index (χ1) is 30.7. The Labute approximate surface area is 449 Å². The molecule has 4 fully saturated rings. The standard InChI is InChI=1S/4C13H20O3.4BrH/c4*1-3-4-5-6-11-10(7-8-12(11)14)9-13(15)16-2;;;;/h4*4-5,10-11H,3,6-9H2,1-2H3;4*1H/b4*5-4-;;;;/t4*10-,11-;;;;/m0000..../s1. The predicted octanol–water partition coefficient (Wildman–Crippen LogP) is 12.3. The van der Waals surface area contributed by atoms with E-state index in [4.69, 9.17) is 0 Å². The second-order valence-corrected chi connectivity index (χ2v) is 17.1. The van der Waals surface area contributed by atoms with Gasteiger partial charge in [-0.05, 0) is 101 Å². The van der Waals surface area contributed by atoms with Crippen molar-refractivity contribution >= 4 is 115 Å². The number of hydrogen-bond acceptors (Lipinski definition) is 12. The van der Waals surface area contributed by atoms with Crippen LogP contribution in [-0.2, 0) is 57.3 Å². The maximum atomic E-state index is 11.7. The largest absolute Gasteiger partial charge is 0.469 e. The molecule has 0 N–H and O–H groups in total. The van der Waals surface area contributed by atoms with Crippen LogP contribution in [0.2, 0.25) is 0 Å². The lowest BCUT2D eigenvalue weighted by molar-refractivity contribution is -0.143. The van der Waals surface area contributed by atoms with Crippen LogP contribution in [0.15, 0.2) is 48.6 Å². The van der Waals surface area contributed by atoms with Crippen LogP contribution in [0, 0.1) is 47.3 Å². The van der Waals surface area contributed by atoms with E-state index in [0.717, 1.165) is 77.0 Å². The van der Waals surface area contributed by atoms with Gasteiger partial charge in [-0.3, -0.25) is 38.4 Å². The van der Waals surface area contributed by atoms with Crippen molar-refractivity contribution in [2.75, 3.05) is 28.4 Å². The van der Waals surface area contributed by atoms with E-state index in [1.807, 2.05) is 0 Å². The zero-order valence-corrected chi connectivity index (χ0v) is 48.8. The Kier molecular flexibility index (Phi) is 45.8. The molecule has 68 heavy (non-hydrogen) atoms. The zero-order valence-electron chi connectivity index (χ0n) is 41.9. The normalized spacial score (nSPS) is 23.8. The van der Waals surface area contributed by atoms with Crippen LogP contribution in [-0.4, -0.2) is 75.4 Å². The SMILES string of the molecule is Br.Br.Br.Br.CC/C=C\C[C@@H]1C(=O)CC[C@H]1CC(=O)OC.CC/C=C\C[C@@H]1C(=O)CC[C@H]1CC(=O)OC.CC/C=C\C[C@@H]1C(=O)CC[C@H]1CC(=O)OC.CC/C=C\C[C@@H]1C(=O)CC[C@H]1CC(=O)OC. The molecule has 0 aromatic heterocycles. The lowest BCUT2D eigenvalue weighted by Crippen LogP contribution is -2.18. The van der Waals surface area contributed by atoms with E-state index < -0.39 is 0 Å². The Balaban J connectivity index is -0.000000394. The second kappa shape index (κ2) is 43.2. The molecule has 0 aliphatic heterocycles. The molecule has 0 saturated heterocycles. The Morgan fingerprint density at radius 3 is 0.691 bits per heavy atom. The third-order valence-corrected chi connectivity index (χ3v) is 12.8. The highest BCUT2D eigenvalue weighted by molar-refractivity contribution is 8.93. The van der Waals surface area contributed by atoms with Crippen LogP contribution < -0.4 is 0 Å². The fourth-order valence-electron chi connectivity index (χ4n) is 9.01. The Hall–Kier alpha value is -2.56. The Morgan fingerprint density at radius 1 is 0.368 bits per heavy atom. The van der Waals surface area contributed by atoms with Gasteiger partial charge < -0.3 is 18.9 Å². The van der Waals surface area contributed by atoms with Gasteiger partial charge in [0, 0.05) is 75.0 Å². The van der Waals surface area contributed by atoms with E-state index in [-0.39, 0.29) is 139 Å². The highest BCUT2D eigenvalue weighted by atomic mass is 79.9. The second-order valence-electron chi connectivity index (χ2n) is 17.1. The highest BCUT2D eigenvalue weighted by Crippen LogP contribution is 2.37. The van der Waals surface area contributed by atoms with E-state index >= 15 is 0 Å². The van der Waals surface area contributed by atoms with Crippen molar-refractivity contribution < 1.29 is 57.3 Å². The van der Waals surface area contributed by atoms with Crippen LogP contribution in [0.25, 0.3) is 0 Å².